The Kier molecular flexibility index (Phi) is 5.90. The molecule has 0 spiro atoms. The zero-order valence-corrected chi connectivity index (χ0v) is 17.0. The van der Waals surface area contributed by atoms with Gasteiger partial charge >= 0.3 is 0 Å². The number of anilines is 3. The van der Waals surface area contributed by atoms with Crippen LogP contribution in [0.3, 0.4) is 0 Å². The summed E-state index contributed by atoms with van der Waals surface area (Å²) in [6.07, 6.45) is 0. The summed E-state index contributed by atoms with van der Waals surface area (Å²) in [6, 6.07) is 27.7. The van der Waals surface area contributed by atoms with Crippen molar-refractivity contribution in [1.29, 1.82) is 0 Å². The summed E-state index contributed by atoms with van der Waals surface area (Å²) in [5.41, 5.74) is 3.33. The second-order valence-corrected chi connectivity index (χ2v) is 7.49. The second-order valence-electron chi connectivity index (χ2n) is 6.73. The molecule has 0 unspecified atom stereocenters. The molecule has 0 atom stereocenters. The molecule has 0 aliphatic rings. The van der Waals surface area contributed by atoms with Crippen molar-refractivity contribution in [1.82, 2.24) is 0 Å². The topological polar surface area (TPSA) is 15.3 Å². The summed E-state index contributed by atoms with van der Waals surface area (Å²) in [5.74, 6) is 1.16. The van der Waals surface area contributed by atoms with Gasteiger partial charge in [-0.1, -0.05) is 48.5 Å². The Morgan fingerprint density at radius 1 is 0.679 bits per heavy atom. The van der Waals surface area contributed by atoms with Crippen molar-refractivity contribution in [2.75, 3.05) is 35.1 Å². The Labute approximate surface area is 175 Å². The van der Waals surface area contributed by atoms with Crippen molar-refractivity contribution >= 4 is 61.8 Å². The number of alkyl halides is 2. The molecule has 0 saturated carbocycles. The van der Waals surface area contributed by atoms with Gasteiger partial charge in [-0.25, -0.2) is 0 Å². The van der Waals surface area contributed by atoms with Crippen molar-refractivity contribution in [3.05, 3.63) is 78.9 Å². The van der Waals surface area contributed by atoms with Gasteiger partial charge in [0, 0.05) is 47.0 Å². The van der Waals surface area contributed by atoms with Crippen LogP contribution in [0.4, 0.5) is 17.1 Å². The molecule has 0 aliphatic carbocycles. The third-order valence-corrected chi connectivity index (χ3v) is 5.32. The zero-order valence-electron chi connectivity index (χ0n) is 15.5. The number of halogens is 2. The average Bonchev–Trinajstić information content (AvgIpc) is 2.74. The molecule has 0 aromatic heterocycles. The predicted molar refractivity (Wildman–Crippen MR) is 125 cm³/mol. The van der Waals surface area contributed by atoms with Crippen LogP contribution in [0.1, 0.15) is 0 Å². The molecule has 0 radical (unpaired) electrons. The van der Waals surface area contributed by atoms with Crippen molar-refractivity contribution in [2.24, 2.45) is 0 Å². The van der Waals surface area contributed by atoms with E-state index in [0.29, 0.717) is 11.8 Å². The monoisotopic (exact) mass is 408 g/mol. The van der Waals surface area contributed by atoms with E-state index in [9.17, 15) is 0 Å². The van der Waals surface area contributed by atoms with Crippen LogP contribution in [-0.4, -0.2) is 24.8 Å². The lowest BCUT2D eigenvalue weighted by atomic mass is 10.0. The third kappa shape index (κ3) is 3.89. The molecule has 0 bridgehead atoms. The summed E-state index contributed by atoms with van der Waals surface area (Å²) >= 11 is 11.9. The van der Waals surface area contributed by atoms with Crippen LogP contribution >= 0.6 is 23.2 Å². The van der Waals surface area contributed by atoms with Gasteiger partial charge in [0.15, 0.2) is 0 Å². The van der Waals surface area contributed by atoms with Gasteiger partial charge in [0.1, 0.15) is 0 Å². The largest absolute Gasteiger partial charge is 0.369 e. The van der Waals surface area contributed by atoms with Gasteiger partial charge < -0.3 is 10.2 Å². The fourth-order valence-corrected chi connectivity index (χ4v) is 4.03. The normalized spacial score (nSPS) is 11.1. The number of rotatable bonds is 7. The molecule has 0 fully saturated rings. The molecule has 0 heterocycles. The van der Waals surface area contributed by atoms with Crippen molar-refractivity contribution < 1.29 is 0 Å². The lowest BCUT2D eigenvalue weighted by Gasteiger charge is -2.23. The van der Waals surface area contributed by atoms with Crippen LogP contribution < -0.4 is 10.2 Å². The van der Waals surface area contributed by atoms with E-state index in [1.165, 1.54) is 21.5 Å². The molecular weight excluding hydrogens is 387 g/mol. The minimum atomic E-state index is 0.582. The van der Waals surface area contributed by atoms with Gasteiger partial charge in [0.2, 0.25) is 0 Å². The highest BCUT2D eigenvalue weighted by Crippen LogP contribution is 2.35. The first kappa shape index (κ1) is 18.9. The molecule has 0 saturated heterocycles. The highest BCUT2D eigenvalue weighted by atomic mass is 35.5. The Balaban J connectivity index is 1.71. The summed E-state index contributed by atoms with van der Waals surface area (Å²) in [5, 5.41) is 8.55. The minimum Gasteiger partial charge on any atom is -0.369 e. The molecule has 2 nitrogen and oxygen atoms in total. The highest BCUT2D eigenvalue weighted by Gasteiger charge is 2.09. The molecule has 28 heavy (non-hydrogen) atoms. The van der Waals surface area contributed by atoms with E-state index in [1.807, 2.05) is 0 Å². The maximum Gasteiger partial charge on any atom is 0.0543 e. The lowest BCUT2D eigenvalue weighted by molar-refractivity contribution is 0.874. The van der Waals surface area contributed by atoms with Gasteiger partial charge in [-0.05, 0) is 41.1 Å². The Hall–Kier alpha value is -2.42. The molecule has 1 N–H and O–H groups in total. The lowest BCUT2D eigenvalue weighted by Crippen LogP contribution is -2.27. The third-order valence-electron chi connectivity index (χ3n) is 4.98. The standard InChI is InChI=1S/C24H22Cl2N2/c25-13-15-28(16-14-26)21-11-9-20(10-12-21)27-24-22-7-3-1-5-18(22)17-19-6-2-4-8-23(19)24/h1-12,17,27H,13-16H2. The van der Waals surface area contributed by atoms with Crippen molar-refractivity contribution in [3.63, 3.8) is 0 Å². The summed E-state index contributed by atoms with van der Waals surface area (Å²) in [4.78, 5) is 2.21. The van der Waals surface area contributed by atoms with E-state index >= 15 is 0 Å². The van der Waals surface area contributed by atoms with E-state index in [0.717, 1.165) is 30.2 Å². The molecule has 0 amide bonds. The van der Waals surface area contributed by atoms with Gasteiger partial charge in [-0.3, -0.25) is 0 Å². The van der Waals surface area contributed by atoms with Gasteiger partial charge in [-0.2, -0.15) is 0 Å². The van der Waals surface area contributed by atoms with Crippen LogP contribution in [0.5, 0.6) is 0 Å². The molecule has 4 heteroatoms. The second kappa shape index (κ2) is 8.72. The van der Waals surface area contributed by atoms with Crippen LogP contribution in [0.2, 0.25) is 0 Å². The SMILES string of the molecule is ClCCN(CCCl)c1ccc(Nc2c3ccccc3cc3ccccc23)cc1. The Morgan fingerprint density at radius 2 is 1.21 bits per heavy atom. The average molecular weight is 409 g/mol. The quantitative estimate of drug-likeness (QED) is 0.261. The van der Waals surface area contributed by atoms with E-state index in [2.05, 4.69) is 89.1 Å². The number of hydrogen-bond acceptors (Lipinski definition) is 2. The molecular formula is C24H22Cl2N2. The Morgan fingerprint density at radius 3 is 1.75 bits per heavy atom. The summed E-state index contributed by atoms with van der Waals surface area (Å²) in [6.45, 7) is 1.57. The van der Waals surface area contributed by atoms with E-state index in [4.69, 9.17) is 23.2 Å². The number of nitrogens with zero attached hydrogens (tertiary/aromatic N) is 1. The van der Waals surface area contributed by atoms with E-state index < -0.39 is 0 Å². The highest BCUT2D eigenvalue weighted by molar-refractivity contribution is 6.18. The van der Waals surface area contributed by atoms with Crippen molar-refractivity contribution in [3.8, 4) is 0 Å². The van der Waals surface area contributed by atoms with Crippen molar-refractivity contribution in [2.45, 2.75) is 0 Å². The number of benzene rings is 4. The zero-order chi connectivity index (χ0) is 19.3. The fourth-order valence-electron chi connectivity index (χ4n) is 3.62. The molecule has 0 aliphatic heterocycles. The minimum absolute atomic E-state index is 0.582. The van der Waals surface area contributed by atoms with Gasteiger partial charge in [0.05, 0.1) is 5.69 Å². The molecule has 4 rings (SSSR count). The van der Waals surface area contributed by atoms with E-state index in [1.54, 1.807) is 0 Å². The van der Waals surface area contributed by atoms with Crippen LogP contribution in [0.15, 0.2) is 78.9 Å². The maximum atomic E-state index is 5.93. The van der Waals surface area contributed by atoms with Gasteiger partial charge in [-0.15, -0.1) is 23.2 Å². The number of fused-ring (bicyclic) bond motifs is 2. The summed E-state index contributed by atoms with van der Waals surface area (Å²) < 4.78 is 0. The number of nitrogens with one attached hydrogen (secondary N) is 1. The predicted octanol–water partition coefficient (Wildman–Crippen LogP) is 7.02. The Bertz CT molecular complexity index is 1020. The first-order valence-electron chi connectivity index (χ1n) is 9.44. The van der Waals surface area contributed by atoms with E-state index in [-0.39, 0.29) is 0 Å². The van der Waals surface area contributed by atoms with Gasteiger partial charge in [0.25, 0.3) is 0 Å². The van der Waals surface area contributed by atoms with Crippen LogP contribution in [0.25, 0.3) is 21.5 Å². The van der Waals surface area contributed by atoms with Crippen LogP contribution in [0, 0.1) is 0 Å². The first-order chi connectivity index (χ1) is 13.8. The molecule has 4 aromatic rings. The fraction of sp³-hybridized carbons (Fsp3) is 0.167. The molecule has 4 aromatic carbocycles. The molecule has 142 valence electrons. The maximum absolute atomic E-state index is 5.93. The smallest absolute Gasteiger partial charge is 0.0543 e. The summed E-state index contributed by atoms with van der Waals surface area (Å²) in [7, 11) is 0. The van der Waals surface area contributed by atoms with Crippen LogP contribution in [-0.2, 0) is 0 Å². The first-order valence-corrected chi connectivity index (χ1v) is 10.5. The number of hydrogen-bond donors (Lipinski definition) is 1.